The smallest absolute Gasteiger partial charge is 0.324 e. The Balaban J connectivity index is 1.53. The van der Waals surface area contributed by atoms with Crippen molar-refractivity contribution in [3.05, 3.63) is 42.5 Å². The van der Waals surface area contributed by atoms with Crippen LogP contribution in [0.3, 0.4) is 0 Å². The Morgan fingerprint density at radius 1 is 1.38 bits per heavy atom. The summed E-state index contributed by atoms with van der Waals surface area (Å²) in [7, 11) is 1.64. The number of H-pyrrole nitrogens is 1. The van der Waals surface area contributed by atoms with Crippen molar-refractivity contribution in [2.45, 2.75) is 18.8 Å². The molecule has 1 fully saturated rings. The molecule has 0 spiro atoms. The van der Waals surface area contributed by atoms with E-state index in [0.717, 1.165) is 43.1 Å². The fourth-order valence-electron chi connectivity index (χ4n) is 3.10. The molecular formula is C17H19N5O2. The van der Waals surface area contributed by atoms with Crippen molar-refractivity contribution in [1.29, 1.82) is 0 Å². The van der Waals surface area contributed by atoms with Gasteiger partial charge in [-0.15, -0.1) is 0 Å². The molecule has 1 aliphatic rings. The number of imidazole rings is 1. The quantitative estimate of drug-likeness (QED) is 0.794. The van der Waals surface area contributed by atoms with E-state index in [4.69, 9.17) is 9.26 Å². The van der Waals surface area contributed by atoms with Crippen molar-refractivity contribution in [2.24, 2.45) is 0 Å². The van der Waals surface area contributed by atoms with Gasteiger partial charge < -0.3 is 19.1 Å². The van der Waals surface area contributed by atoms with Crippen molar-refractivity contribution in [3.8, 4) is 17.1 Å². The van der Waals surface area contributed by atoms with Gasteiger partial charge in [0.2, 0.25) is 5.82 Å². The van der Waals surface area contributed by atoms with E-state index in [9.17, 15) is 0 Å². The Hall–Kier alpha value is -2.83. The van der Waals surface area contributed by atoms with Gasteiger partial charge in [0.1, 0.15) is 11.6 Å². The second-order valence-electron chi connectivity index (χ2n) is 5.89. The van der Waals surface area contributed by atoms with Crippen LogP contribution >= 0.6 is 0 Å². The summed E-state index contributed by atoms with van der Waals surface area (Å²) in [6.07, 6.45) is 5.84. The average molecular weight is 325 g/mol. The van der Waals surface area contributed by atoms with Crippen molar-refractivity contribution in [3.63, 3.8) is 0 Å². The minimum atomic E-state index is 0.362. The highest BCUT2D eigenvalue weighted by Gasteiger charge is 2.26. The van der Waals surface area contributed by atoms with Crippen LogP contribution in [0, 0.1) is 0 Å². The lowest BCUT2D eigenvalue weighted by Crippen LogP contribution is -2.35. The lowest BCUT2D eigenvalue weighted by atomic mass is 9.98. The summed E-state index contributed by atoms with van der Waals surface area (Å²) in [5, 5.41) is 4.12. The molecule has 3 heterocycles. The number of benzene rings is 1. The van der Waals surface area contributed by atoms with Gasteiger partial charge in [0.25, 0.3) is 0 Å². The summed E-state index contributed by atoms with van der Waals surface area (Å²) in [6.45, 7) is 1.74. The molecule has 1 saturated heterocycles. The first kappa shape index (κ1) is 14.7. The van der Waals surface area contributed by atoms with E-state index in [0.29, 0.717) is 17.8 Å². The lowest BCUT2D eigenvalue weighted by molar-refractivity contribution is 0.391. The first-order valence-corrected chi connectivity index (χ1v) is 8.06. The van der Waals surface area contributed by atoms with E-state index in [-0.39, 0.29) is 0 Å². The normalized spacial score (nSPS) is 17.9. The van der Waals surface area contributed by atoms with Crippen LogP contribution in [0.25, 0.3) is 11.4 Å². The van der Waals surface area contributed by atoms with Crippen LogP contribution in [0.5, 0.6) is 5.75 Å². The highest BCUT2D eigenvalue weighted by atomic mass is 16.5. The van der Waals surface area contributed by atoms with Gasteiger partial charge in [-0.25, -0.2) is 4.98 Å². The number of methoxy groups -OCH3 is 1. The fourth-order valence-corrected chi connectivity index (χ4v) is 3.10. The van der Waals surface area contributed by atoms with Crippen molar-refractivity contribution < 1.29 is 9.26 Å². The summed E-state index contributed by atoms with van der Waals surface area (Å²) in [5.74, 6) is 2.73. The predicted octanol–water partition coefficient (Wildman–Crippen LogP) is 2.85. The Bertz CT molecular complexity index is 799. The second kappa shape index (κ2) is 6.35. The predicted molar refractivity (Wildman–Crippen MR) is 89.1 cm³/mol. The minimum Gasteiger partial charge on any atom is -0.497 e. The van der Waals surface area contributed by atoms with Crippen LogP contribution in [0.1, 0.15) is 24.6 Å². The van der Waals surface area contributed by atoms with Crippen LogP contribution in [0.15, 0.2) is 41.2 Å². The third-order valence-electron chi connectivity index (χ3n) is 4.34. The third-order valence-corrected chi connectivity index (χ3v) is 4.34. The highest BCUT2D eigenvalue weighted by molar-refractivity contribution is 5.58. The molecule has 24 heavy (non-hydrogen) atoms. The molecule has 1 unspecified atom stereocenters. The minimum absolute atomic E-state index is 0.362. The average Bonchev–Trinajstić information content (AvgIpc) is 3.34. The summed E-state index contributed by atoms with van der Waals surface area (Å²) in [4.78, 5) is 14.3. The van der Waals surface area contributed by atoms with Crippen LogP contribution < -0.4 is 9.64 Å². The Morgan fingerprint density at radius 2 is 2.33 bits per heavy atom. The third kappa shape index (κ3) is 2.84. The molecule has 0 radical (unpaired) electrons. The Kier molecular flexibility index (Phi) is 3.90. The molecule has 0 saturated carbocycles. The van der Waals surface area contributed by atoms with E-state index in [1.807, 2.05) is 30.5 Å². The van der Waals surface area contributed by atoms with Gasteiger partial charge in [0.05, 0.1) is 7.11 Å². The van der Waals surface area contributed by atoms with Gasteiger partial charge in [-0.3, -0.25) is 0 Å². The Labute approximate surface area is 139 Å². The van der Waals surface area contributed by atoms with E-state index >= 15 is 0 Å². The summed E-state index contributed by atoms with van der Waals surface area (Å²) < 4.78 is 10.7. The van der Waals surface area contributed by atoms with Gasteiger partial charge in [0.15, 0.2) is 0 Å². The molecule has 2 aromatic heterocycles. The number of nitrogens with one attached hydrogen (secondary N) is 1. The number of hydrogen-bond donors (Lipinski definition) is 1. The molecule has 0 bridgehead atoms. The first-order valence-electron chi connectivity index (χ1n) is 8.06. The first-order chi connectivity index (χ1) is 11.8. The number of piperidine rings is 1. The molecule has 0 aliphatic carbocycles. The molecule has 7 heteroatoms. The number of nitrogens with zero attached hydrogens (tertiary/aromatic N) is 4. The van der Waals surface area contributed by atoms with E-state index in [2.05, 4.69) is 25.0 Å². The van der Waals surface area contributed by atoms with Crippen molar-refractivity contribution in [1.82, 2.24) is 20.1 Å². The Morgan fingerprint density at radius 3 is 3.17 bits per heavy atom. The molecule has 1 N–H and O–H groups in total. The number of aromatic nitrogens is 4. The van der Waals surface area contributed by atoms with Gasteiger partial charge in [-0.2, -0.15) is 4.98 Å². The highest BCUT2D eigenvalue weighted by Crippen LogP contribution is 2.29. The van der Waals surface area contributed by atoms with E-state index in [1.165, 1.54) is 0 Å². The van der Waals surface area contributed by atoms with Crippen LogP contribution in [0.2, 0.25) is 0 Å². The molecular weight excluding hydrogens is 306 g/mol. The monoisotopic (exact) mass is 325 g/mol. The zero-order valence-corrected chi connectivity index (χ0v) is 13.5. The molecule has 0 amide bonds. The molecule has 7 nitrogen and oxygen atoms in total. The number of ether oxygens (including phenoxy) is 1. The number of rotatable bonds is 4. The second-order valence-corrected chi connectivity index (χ2v) is 5.89. The standard InChI is InChI=1S/C17H19N5O2/c1-23-14-6-2-4-12(10-14)16-20-17(24-21-16)22-9-3-5-13(11-22)15-18-7-8-19-15/h2,4,6-8,10,13H,3,5,9,11H2,1H3,(H,18,19). The van der Waals surface area contributed by atoms with Crippen LogP contribution in [-0.2, 0) is 0 Å². The number of hydrogen-bond acceptors (Lipinski definition) is 6. The van der Waals surface area contributed by atoms with Gasteiger partial charge in [0, 0.05) is 37.0 Å². The molecule has 1 aliphatic heterocycles. The zero-order chi connectivity index (χ0) is 16.4. The SMILES string of the molecule is COc1cccc(-c2noc(N3CCCC(c4ncc[nH]4)C3)n2)c1. The van der Waals surface area contributed by atoms with Gasteiger partial charge in [-0.1, -0.05) is 17.3 Å². The van der Waals surface area contributed by atoms with Gasteiger partial charge >= 0.3 is 6.01 Å². The van der Waals surface area contributed by atoms with E-state index < -0.39 is 0 Å². The maximum absolute atomic E-state index is 5.49. The lowest BCUT2D eigenvalue weighted by Gasteiger charge is -2.30. The largest absolute Gasteiger partial charge is 0.497 e. The topological polar surface area (TPSA) is 80.1 Å². The maximum atomic E-state index is 5.49. The molecule has 3 aromatic rings. The van der Waals surface area contributed by atoms with Crippen LogP contribution in [0.4, 0.5) is 6.01 Å². The maximum Gasteiger partial charge on any atom is 0.324 e. The van der Waals surface area contributed by atoms with Crippen LogP contribution in [-0.4, -0.2) is 40.3 Å². The van der Waals surface area contributed by atoms with Gasteiger partial charge in [-0.05, 0) is 25.0 Å². The summed E-state index contributed by atoms with van der Waals surface area (Å²) in [6, 6.07) is 8.21. The number of anilines is 1. The van der Waals surface area contributed by atoms with Crippen molar-refractivity contribution in [2.75, 3.05) is 25.1 Å². The fraction of sp³-hybridized carbons (Fsp3) is 0.353. The molecule has 1 aromatic carbocycles. The molecule has 4 rings (SSSR count). The number of aromatic amines is 1. The summed E-state index contributed by atoms with van der Waals surface area (Å²) in [5.41, 5.74) is 0.879. The summed E-state index contributed by atoms with van der Waals surface area (Å²) >= 11 is 0. The van der Waals surface area contributed by atoms with Crippen molar-refractivity contribution >= 4 is 6.01 Å². The zero-order valence-electron chi connectivity index (χ0n) is 13.5. The van der Waals surface area contributed by atoms with E-state index in [1.54, 1.807) is 13.3 Å². The molecule has 124 valence electrons. The molecule has 1 atom stereocenters.